The molecule has 0 aromatic heterocycles. The Morgan fingerprint density at radius 2 is 2.10 bits per heavy atom. The summed E-state index contributed by atoms with van der Waals surface area (Å²) in [5.41, 5.74) is 0. The minimum Gasteiger partial charge on any atom is -0.165 e. The third-order valence-corrected chi connectivity index (χ3v) is 5.18. The molecule has 60 valence electrons. The van der Waals surface area contributed by atoms with Crippen LogP contribution in [0.1, 0.15) is 12.8 Å². The second kappa shape index (κ2) is 5.67. The maximum Gasteiger partial charge on any atom is 0.0510 e. The highest BCUT2D eigenvalue weighted by Crippen LogP contribution is 2.33. The summed E-state index contributed by atoms with van der Waals surface area (Å²) in [4.78, 5) is 0. The van der Waals surface area contributed by atoms with Crippen molar-refractivity contribution in [1.29, 1.82) is 0 Å². The third kappa shape index (κ3) is 3.44. The highest BCUT2D eigenvalue weighted by molar-refractivity contribution is 8.17. The van der Waals surface area contributed by atoms with Crippen LogP contribution in [0.15, 0.2) is 0 Å². The van der Waals surface area contributed by atoms with Gasteiger partial charge in [0.2, 0.25) is 0 Å². The van der Waals surface area contributed by atoms with Gasteiger partial charge in [0.1, 0.15) is 0 Å². The van der Waals surface area contributed by atoms with Gasteiger partial charge in [0.25, 0.3) is 0 Å². The van der Waals surface area contributed by atoms with Crippen molar-refractivity contribution in [2.75, 3.05) is 23.5 Å². The molecule has 0 amide bonds. The SMILES string of the molecule is CSCCC1SCCCS1. The summed E-state index contributed by atoms with van der Waals surface area (Å²) in [5, 5.41) is 0. The van der Waals surface area contributed by atoms with Crippen molar-refractivity contribution in [2.45, 2.75) is 17.4 Å². The summed E-state index contributed by atoms with van der Waals surface area (Å²) in [6, 6.07) is 0. The first-order valence-corrected chi connectivity index (χ1v) is 7.15. The van der Waals surface area contributed by atoms with Gasteiger partial charge >= 0.3 is 0 Å². The Morgan fingerprint density at radius 1 is 1.40 bits per heavy atom. The van der Waals surface area contributed by atoms with E-state index in [1.54, 1.807) is 0 Å². The normalized spacial score (nSPS) is 21.3. The van der Waals surface area contributed by atoms with Crippen molar-refractivity contribution in [2.24, 2.45) is 0 Å². The van der Waals surface area contributed by atoms with Crippen LogP contribution < -0.4 is 0 Å². The molecule has 10 heavy (non-hydrogen) atoms. The van der Waals surface area contributed by atoms with Crippen LogP contribution in [0.4, 0.5) is 0 Å². The van der Waals surface area contributed by atoms with Crippen molar-refractivity contribution >= 4 is 35.3 Å². The van der Waals surface area contributed by atoms with E-state index in [1.807, 2.05) is 11.8 Å². The van der Waals surface area contributed by atoms with Crippen LogP contribution in [0.3, 0.4) is 0 Å². The van der Waals surface area contributed by atoms with E-state index in [1.165, 1.54) is 30.1 Å². The maximum atomic E-state index is 2.19. The third-order valence-electron chi connectivity index (χ3n) is 1.45. The van der Waals surface area contributed by atoms with Crippen LogP contribution in [0.2, 0.25) is 0 Å². The van der Waals surface area contributed by atoms with Gasteiger partial charge < -0.3 is 0 Å². The van der Waals surface area contributed by atoms with Crippen molar-refractivity contribution in [3.8, 4) is 0 Å². The molecule has 0 aromatic carbocycles. The molecule has 1 heterocycles. The predicted octanol–water partition coefficient (Wildman–Crippen LogP) is 2.94. The maximum absolute atomic E-state index is 2.19. The summed E-state index contributed by atoms with van der Waals surface area (Å²) in [6.07, 6.45) is 5.01. The summed E-state index contributed by atoms with van der Waals surface area (Å²) >= 11 is 6.27. The Kier molecular flexibility index (Phi) is 5.18. The number of rotatable bonds is 3. The van der Waals surface area contributed by atoms with E-state index in [2.05, 4.69) is 29.8 Å². The Bertz CT molecular complexity index is 78.9. The van der Waals surface area contributed by atoms with Gasteiger partial charge in [-0.1, -0.05) is 0 Å². The summed E-state index contributed by atoms with van der Waals surface area (Å²) in [6.45, 7) is 0. The highest BCUT2D eigenvalue weighted by Gasteiger charge is 2.12. The van der Waals surface area contributed by atoms with Crippen molar-refractivity contribution in [3.05, 3.63) is 0 Å². The van der Waals surface area contributed by atoms with Crippen LogP contribution in [-0.2, 0) is 0 Å². The van der Waals surface area contributed by atoms with Crippen LogP contribution in [0, 0.1) is 0 Å². The van der Waals surface area contributed by atoms with Crippen LogP contribution in [0.5, 0.6) is 0 Å². The summed E-state index contributed by atoms with van der Waals surface area (Å²) in [7, 11) is 0. The van der Waals surface area contributed by atoms with Crippen molar-refractivity contribution in [1.82, 2.24) is 0 Å². The van der Waals surface area contributed by atoms with Gasteiger partial charge in [-0.05, 0) is 36.4 Å². The Hall–Kier alpha value is 1.05. The Balaban J connectivity index is 2.02. The average molecular weight is 194 g/mol. The largest absolute Gasteiger partial charge is 0.165 e. The van der Waals surface area contributed by atoms with Crippen molar-refractivity contribution < 1.29 is 0 Å². The Morgan fingerprint density at radius 3 is 2.70 bits per heavy atom. The molecule has 0 saturated carbocycles. The van der Waals surface area contributed by atoms with Gasteiger partial charge in [-0.3, -0.25) is 0 Å². The first kappa shape index (κ1) is 9.14. The number of thioether (sulfide) groups is 3. The lowest BCUT2D eigenvalue weighted by atomic mass is 10.5. The molecule has 1 aliphatic rings. The van der Waals surface area contributed by atoms with Crippen LogP contribution in [0.25, 0.3) is 0 Å². The van der Waals surface area contributed by atoms with Crippen molar-refractivity contribution in [3.63, 3.8) is 0 Å². The topological polar surface area (TPSA) is 0 Å². The van der Waals surface area contributed by atoms with E-state index in [0.717, 1.165) is 4.58 Å². The molecule has 0 atom stereocenters. The lowest BCUT2D eigenvalue weighted by molar-refractivity contribution is 1.03. The molecule has 1 aliphatic heterocycles. The molecule has 3 heteroatoms. The zero-order valence-corrected chi connectivity index (χ0v) is 8.79. The molecule has 0 radical (unpaired) electrons. The fourth-order valence-electron chi connectivity index (χ4n) is 0.917. The van der Waals surface area contributed by atoms with E-state index in [-0.39, 0.29) is 0 Å². The zero-order valence-electron chi connectivity index (χ0n) is 6.34. The molecule has 0 unspecified atom stereocenters. The molecule has 1 rings (SSSR count). The molecule has 0 nitrogen and oxygen atoms in total. The molecular formula is C7H14S3. The molecule has 0 N–H and O–H groups in total. The summed E-state index contributed by atoms with van der Waals surface area (Å²) < 4.78 is 0.918. The molecule has 0 aromatic rings. The van der Waals surface area contributed by atoms with Gasteiger partial charge in [0.15, 0.2) is 0 Å². The molecular weight excluding hydrogens is 180 g/mol. The second-order valence-corrected chi connectivity index (χ2v) is 6.21. The standard InChI is InChI=1S/C7H14S3/c1-8-6-3-7-9-4-2-5-10-7/h7H,2-6H2,1H3. The van der Waals surface area contributed by atoms with Gasteiger partial charge in [-0.2, -0.15) is 11.8 Å². The molecule has 0 aliphatic carbocycles. The minimum absolute atomic E-state index is 0.918. The lowest BCUT2D eigenvalue weighted by Crippen LogP contribution is -2.07. The molecule has 1 saturated heterocycles. The minimum atomic E-state index is 0.918. The number of hydrogen-bond acceptors (Lipinski definition) is 3. The first-order valence-electron chi connectivity index (χ1n) is 3.65. The molecule has 0 bridgehead atoms. The Labute approximate surface area is 76.3 Å². The fourth-order valence-corrected chi connectivity index (χ4v) is 4.55. The average Bonchev–Trinajstić information content (AvgIpc) is 2.03. The number of hydrogen-bond donors (Lipinski definition) is 0. The van der Waals surface area contributed by atoms with Gasteiger partial charge in [-0.25, -0.2) is 0 Å². The lowest BCUT2D eigenvalue weighted by Gasteiger charge is -2.19. The summed E-state index contributed by atoms with van der Waals surface area (Å²) in [5.74, 6) is 4.13. The van der Waals surface area contributed by atoms with E-state index in [0.29, 0.717) is 0 Å². The monoisotopic (exact) mass is 194 g/mol. The smallest absolute Gasteiger partial charge is 0.0510 e. The van der Waals surface area contributed by atoms with Gasteiger partial charge in [-0.15, -0.1) is 23.5 Å². The predicted molar refractivity (Wildman–Crippen MR) is 56.3 cm³/mol. The quantitative estimate of drug-likeness (QED) is 0.678. The highest BCUT2D eigenvalue weighted by atomic mass is 32.2. The van der Waals surface area contributed by atoms with E-state index in [4.69, 9.17) is 0 Å². The molecule has 1 fully saturated rings. The van der Waals surface area contributed by atoms with Crippen LogP contribution in [-0.4, -0.2) is 28.1 Å². The van der Waals surface area contributed by atoms with E-state index >= 15 is 0 Å². The van der Waals surface area contributed by atoms with E-state index < -0.39 is 0 Å². The zero-order chi connectivity index (χ0) is 7.23. The molecule has 0 spiro atoms. The van der Waals surface area contributed by atoms with Crippen LogP contribution >= 0.6 is 35.3 Å². The fraction of sp³-hybridized carbons (Fsp3) is 1.00. The first-order chi connectivity index (χ1) is 4.93. The second-order valence-electron chi connectivity index (χ2n) is 2.31. The van der Waals surface area contributed by atoms with Gasteiger partial charge in [0.05, 0.1) is 4.58 Å². The van der Waals surface area contributed by atoms with Gasteiger partial charge in [0, 0.05) is 0 Å². The van der Waals surface area contributed by atoms with E-state index in [9.17, 15) is 0 Å².